The van der Waals surface area contributed by atoms with Gasteiger partial charge in [0.25, 0.3) is 0 Å². The minimum Gasteiger partial charge on any atom is -0.378 e. The predicted octanol–water partition coefficient (Wildman–Crippen LogP) is 1.48. The van der Waals surface area contributed by atoms with Gasteiger partial charge in [0.2, 0.25) is 10.0 Å². The van der Waals surface area contributed by atoms with Crippen molar-refractivity contribution >= 4 is 40.0 Å². The highest BCUT2D eigenvalue weighted by atomic mass is 127. The summed E-state index contributed by atoms with van der Waals surface area (Å²) >= 11 is 0. The van der Waals surface area contributed by atoms with Gasteiger partial charge < -0.3 is 15.4 Å². The average molecular weight is 482 g/mol. The molecule has 0 radical (unpaired) electrons. The predicted molar refractivity (Wildman–Crippen MR) is 110 cm³/mol. The number of benzene rings is 1. The second-order valence-electron chi connectivity index (χ2n) is 6.03. The number of guanidine groups is 1. The normalized spacial score (nSPS) is 16.2. The summed E-state index contributed by atoms with van der Waals surface area (Å²) in [5, 5.41) is 0. The SMILES string of the molecule is CC(C)N(C)S(=O)(=O)c1ccc(CN=C(N)N2CCOCC2)cc1.I. The van der Waals surface area contributed by atoms with Crippen molar-refractivity contribution in [3.63, 3.8) is 0 Å². The average Bonchev–Trinajstić information content (AvgIpc) is 2.60. The van der Waals surface area contributed by atoms with Gasteiger partial charge in [0.15, 0.2) is 5.96 Å². The maximum Gasteiger partial charge on any atom is 0.243 e. The van der Waals surface area contributed by atoms with Gasteiger partial charge in [-0.05, 0) is 31.5 Å². The van der Waals surface area contributed by atoms with E-state index in [1.807, 2.05) is 18.7 Å². The van der Waals surface area contributed by atoms with E-state index < -0.39 is 10.0 Å². The lowest BCUT2D eigenvalue weighted by molar-refractivity contribution is 0.0674. The zero-order chi connectivity index (χ0) is 17.7. The summed E-state index contributed by atoms with van der Waals surface area (Å²) in [6, 6.07) is 6.69. The molecule has 1 fully saturated rings. The van der Waals surface area contributed by atoms with Crippen molar-refractivity contribution < 1.29 is 13.2 Å². The number of sulfonamides is 1. The van der Waals surface area contributed by atoms with Crippen LogP contribution in [-0.4, -0.2) is 63.0 Å². The number of hydrogen-bond acceptors (Lipinski definition) is 4. The molecule has 0 spiro atoms. The molecule has 0 aliphatic carbocycles. The molecule has 0 aromatic heterocycles. The second kappa shape index (κ2) is 9.70. The number of morpholine rings is 1. The molecule has 2 rings (SSSR count). The van der Waals surface area contributed by atoms with Crippen molar-refractivity contribution in [2.24, 2.45) is 10.7 Å². The van der Waals surface area contributed by atoms with Gasteiger partial charge >= 0.3 is 0 Å². The highest BCUT2D eigenvalue weighted by molar-refractivity contribution is 14.0. The number of nitrogens with zero attached hydrogens (tertiary/aromatic N) is 3. The molecular weight excluding hydrogens is 455 g/mol. The molecule has 0 amide bonds. The fraction of sp³-hybridized carbons (Fsp3) is 0.562. The molecule has 1 saturated heterocycles. The first-order valence-electron chi connectivity index (χ1n) is 8.02. The number of ether oxygens (including phenoxy) is 1. The summed E-state index contributed by atoms with van der Waals surface area (Å²) in [5.74, 6) is 0.495. The van der Waals surface area contributed by atoms with Crippen molar-refractivity contribution in [2.45, 2.75) is 31.3 Å². The van der Waals surface area contributed by atoms with E-state index in [4.69, 9.17) is 10.5 Å². The first-order valence-corrected chi connectivity index (χ1v) is 9.46. The van der Waals surface area contributed by atoms with Crippen LogP contribution in [0.3, 0.4) is 0 Å². The number of halogens is 1. The van der Waals surface area contributed by atoms with Crippen LogP contribution in [0.15, 0.2) is 34.2 Å². The molecule has 0 unspecified atom stereocenters. The first-order chi connectivity index (χ1) is 11.3. The monoisotopic (exact) mass is 482 g/mol. The second-order valence-corrected chi connectivity index (χ2v) is 8.03. The molecule has 7 nitrogen and oxygen atoms in total. The lowest BCUT2D eigenvalue weighted by atomic mass is 10.2. The van der Waals surface area contributed by atoms with E-state index in [1.165, 1.54) is 4.31 Å². The lowest BCUT2D eigenvalue weighted by Gasteiger charge is -2.27. The largest absolute Gasteiger partial charge is 0.378 e. The van der Waals surface area contributed by atoms with Crippen molar-refractivity contribution in [3.8, 4) is 0 Å². The molecule has 0 atom stereocenters. The van der Waals surface area contributed by atoms with Crippen molar-refractivity contribution in [1.82, 2.24) is 9.21 Å². The summed E-state index contributed by atoms with van der Waals surface area (Å²) in [7, 11) is -1.87. The lowest BCUT2D eigenvalue weighted by Crippen LogP contribution is -2.44. The standard InChI is InChI=1S/C16H26N4O3S.HI/c1-13(2)19(3)24(21,22)15-6-4-14(5-7-15)12-18-16(17)20-8-10-23-11-9-20;/h4-7,13H,8-12H2,1-3H3,(H2,17,18);1H. The Morgan fingerprint density at radius 3 is 2.36 bits per heavy atom. The Morgan fingerprint density at radius 1 is 1.28 bits per heavy atom. The molecular formula is C16H27IN4O3S. The van der Waals surface area contributed by atoms with Crippen molar-refractivity contribution in [2.75, 3.05) is 33.4 Å². The highest BCUT2D eigenvalue weighted by Gasteiger charge is 2.22. The fourth-order valence-corrected chi connectivity index (χ4v) is 3.64. The molecule has 1 aromatic rings. The number of nitrogens with two attached hydrogens (primary N) is 1. The maximum absolute atomic E-state index is 12.4. The van der Waals surface area contributed by atoms with Crippen LogP contribution >= 0.6 is 24.0 Å². The molecule has 2 N–H and O–H groups in total. The number of aliphatic imine (C=N–C) groups is 1. The summed E-state index contributed by atoms with van der Waals surface area (Å²) in [6.07, 6.45) is 0. The molecule has 0 saturated carbocycles. The number of rotatable bonds is 5. The summed E-state index contributed by atoms with van der Waals surface area (Å²) in [6.45, 7) is 6.91. The van der Waals surface area contributed by atoms with E-state index in [9.17, 15) is 8.42 Å². The van der Waals surface area contributed by atoms with Crippen LogP contribution < -0.4 is 5.73 Å². The smallest absolute Gasteiger partial charge is 0.243 e. The van der Waals surface area contributed by atoms with E-state index >= 15 is 0 Å². The molecule has 0 bridgehead atoms. The fourth-order valence-electron chi connectivity index (χ4n) is 2.28. The van der Waals surface area contributed by atoms with E-state index in [0.717, 1.165) is 18.7 Å². The van der Waals surface area contributed by atoms with Crippen LogP contribution in [0.1, 0.15) is 19.4 Å². The van der Waals surface area contributed by atoms with Gasteiger partial charge in [-0.25, -0.2) is 13.4 Å². The first kappa shape index (κ1) is 22.1. The van der Waals surface area contributed by atoms with Gasteiger partial charge in [0.1, 0.15) is 0 Å². The minimum absolute atomic E-state index is 0. The van der Waals surface area contributed by atoms with Crippen LogP contribution in [0, 0.1) is 0 Å². The van der Waals surface area contributed by atoms with E-state index in [-0.39, 0.29) is 34.9 Å². The Kier molecular flexibility index (Phi) is 8.58. The van der Waals surface area contributed by atoms with Crippen LogP contribution in [0.4, 0.5) is 0 Å². The van der Waals surface area contributed by atoms with Gasteiger partial charge in [0, 0.05) is 26.2 Å². The highest BCUT2D eigenvalue weighted by Crippen LogP contribution is 2.17. The summed E-state index contributed by atoms with van der Waals surface area (Å²) < 4.78 is 31.5. The van der Waals surface area contributed by atoms with Crippen LogP contribution in [0.5, 0.6) is 0 Å². The molecule has 9 heteroatoms. The Bertz CT molecular complexity index is 671. The Morgan fingerprint density at radius 2 is 1.84 bits per heavy atom. The topological polar surface area (TPSA) is 88.2 Å². The van der Waals surface area contributed by atoms with Gasteiger partial charge in [-0.3, -0.25) is 0 Å². The van der Waals surface area contributed by atoms with Crippen LogP contribution in [0.25, 0.3) is 0 Å². The van der Waals surface area contributed by atoms with Crippen molar-refractivity contribution in [1.29, 1.82) is 0 Å². The maximum atomic E-state index is 12.4. The number of hydrogen-bond donors (Lipinski definition) is 1. The van der Waals surface area contributed by atoms with E-state index in [0.29, 0.717) is 25.7 Å². The molecule has 1 aliphatic rings. The van der Waals surface area contributed by atoms with Crippen molar-refractivity contribution in [3.05, 3.63) is 29.8 Å². The third kappa shape index (κ3) is 5.80. The third-order valence-corrected chi connectivity index (χ3v) is 6.13. The van der Waals surface area contributed by atoms with Crippen LogP contribution in [0.2, 0.25) is 0 Å². The zero-order valence-electron chi connectivity index (χ0n) is 14.9. The quantitative estimate of drug-likeness (QED) is 0.390. The Hall–Kier alpha value is -0.910. The molecule has 1 aliphatic heterocycles. The Balaban J connectivity index is 0.00000312. The van der Waals surface area contributed by atoms with Gasteiger partial charge in [0.05, 0.1) is 24.7 Å². The van der Waals surface area contributed by atoms with Gasteiger partial charge in [-0.15, -0.1) is 24.0 Å². The van der Waals surface area contributed by atoms with Gasteiger partial charge in [-0.1, -0.05) is 12.1 Å². The summed E-state index contributed by atoms with van der Waals surface area (Å²) in [5.41, 5.74) is 6.90. The van der Waals surface area contributed by atoms with E-state index in [1.54, 1.807) is 31.3 Å². The minimum atomic E-state index is -3.45. The third-order valence-electron chi connectivity index (χ3n) is 4.09. The van der Waals surface area contributed by atoms with Crippen LogP contribution in [-0.2, 0) is 21.3 Å². The molecule has 1 aromatic carbocycles. The summed E-state index contributed by atoms with van der Waals surface area (Å²) in [4.78, 5) is 6.65. The van der Waals surface area contributed by atoms with E-state index in [2.05, 4.69) is 4.99 Å². The molecule has 142 valence electrons. The Labute approximate surface area is 167 Å². The molecule has 1 heterocycles. The zero-order valence-corrected chi connectivity index (χ0v) is 18.0. The molecule has 25 heavy (non-hydrogen) atoms. The van der Waals surface area contributed by atoms with Gasteiger partial charge in [-0.2, -0.15) is 4.31 Å².